The van der Waals surface area contributed by atoms with E-state index in [4.69, 9.17) is 0 Å². The molecule has 1 saturated heterocycles. The molecule has 2 aliphatic heterocycles. The third-order valence-corrected chi connectivity index (χ3v) is 5.00. The van der Waals surface area contributed by atoms with E-state index in [1.807, 2.05) is 11.0 Å². The molecule has 24 heavy (non-hydrogen) atoms. The fraction of sp³-hybridized carbons (Fsp3) is 0.389. The molecule has 124 valence electrons. The highest BCUT2D eigenvalue weighted by molar-refractivity contribution is 5.80. The van der Waals surface area contributed by atoms with E-state index >= 15 is 0 Å². The summed E-state index contributed by atoms with van der Waals surface area (Å²) < 4.78 is 0. The van der Waals surface area contributed by atoms with Crippen LogP contribution < -0.4 is 10.5 Å². The number of nitrogens with one attached hydrogen (secondary N) is 1. The van der Waals surface area contributed by atoms with Crippen LogP contribution in [-0.2, 0) is 17.8 Å². The second-order valence-corrected chi connectivity index (χ2v) is 6.51. The zero-order chi connectivity index (χ0) is 16.5. The topological polar surface area (TPSA) is 69.3 Å². The maximum absolute atomic E-state index is 12.9. The van der Waals surface area contributed by atoms with Gasteiger partial charge in [-0.3, -0.25) is 9.59 Å². The fourth-order valence-electron chi connectivity index (χ4n) is 3.68. The average Bonchev–Trinajstić information content (AvgIpc) is 3.11. The molecule has 0 radical (unpaired) electrons. The van der Waals surface area contributed by atoms with Gasteiger partial charge in [0.25, 0.3) is 5.56 Å². The van der Waals surface area contributed by atoms with Gasteiger partial charge < -0.3 is 9.80 Å². The van der Waals surface area contributed by atoms with Gasteiger partial charge in [0.15, 0.2) is 0 Å². The van der Waals surface area contributed by atoms with Crippen LogP contribution in [0.3, 0.4) is 0 Å². The molecule has 1 atom stereocenters. The summed E-state index contributed by atoms with van der Waals surface area (Å²) in [5.74, 6) is 0.222. The number of hydrogen-bond acceptors (Lipinski definition) is 4. The van der Waals surface area contributed by atoms with Crippen LogP contribution in [0.5, 0.6) is 0 Å². The Morgan fingerprint density at radius 3 is 2.88 bits per heavy atom. The Morgan fingerprint density at radius 1 is 1.21 bits per heavy atom. The molecule has 4 rings (SSSR count). The van der Waals surface area contributed by atoms with Crippen LogP contribution in [0, 0.1) is 5.92 Å². The Balaban J connectivity index is 1.44. The molecule has 1 amide bonds. The summed E-state index contributed by atoms with van der Waals surface area (Å²) in [7, 11) is 0. The van der Waals surface area contributed by atoms with E-state index in [0.29, 0.717) is 13.1 Å². The van der Waals surface area contributed by atoms with Crippen molar-refractivity contribution in [1.29, 1.82) is 0 Å². The quantitative estimate of drug-likeness (QED) is 0.901. The first-order chi connectivity index (χ1) is 11.7. The highest BCUT2D eigenvalue weighted by atomic mass is 16.2. The number of rotatable bonds is 2. The van der Waals surface area contributed by atoms with Gasteiger partial charge in [0.2, 0.25) is 5.91 Å². The molecule has 1 unspecified atom stereocenters. The van der Waals surface area contributed by atoms with Crippen molar-refractivity contribution in [3.8, 4) is 0 Å². The van der Waals surface area contributed by atoms with Crippen LogP contribution in [-0.4, -0.2) is 40.6 Å². The second-order valence-electron chi connectivity index (χ2n) is 6.51. The Kier molecular flexibility index (Phi) is 3.80. The van der Waals surface area contributed by atoms with E-state index in [2.05, 4.69) is 33.3 Å². The number of carbonyl (C=O) groups excluding carboxylic acids is 1. The Morgan fingerprint density at radius 2 is 2.04 bits per heavy atom. The van der Waals surface area contributed by atoms with Gasteiger partial charge in [-0.2, -0.15) is 5.10 Å². The molecule has 3 heterocycles. The smallest absolute Gasteiger partial charge is 0.266 e. The molecule has 1 fully saturated rings. The molecule has 6 heteroatoms. The van der Waals surface area contributed by atoms with Gasteiger partial charge >= 0.3 is 0 Å². The molecule has 1 N–H and O–H groups in total. The van der Waals surface area contributed by atoms with E-state index in [1.165, 1.54) is 17.2 Å². The number of hydrogen-bond donors (Lipinski definition) is 1. The number of nitrogens with zero attached hydrogens (tertiary/aromatic N) is 3. The van der Waals surface area contributed by atoms with Crippen molar-refractivity contribution < 1.29 is 4.79 Å². The Hall–Kier alpha value is -2.63. The van der Waals surface area contributed by atoms with Crippen LogP contribution in [0.25, 0.3) is 0 Å². The first kappa shape index (κ1) is 14.9. The number of anilines is 1. The van der Waals surface area contributed by atoms with Gasteiger partial charge in [0, 0.05) is 32.2 Å². The van der Waals surface area contributed by atoms with Gasteiger partial charge in [-0.15, -0.1) is 0 Å². The van der Waals surface area contributed by atoms with E-state index in [-0.39, 0.29) is 17.4 Å². The first-order valence-corrected chi connectivity index (χ1v) is 8.36. The highest BCUT2D eigenvalue weighted by Crippen LogP contribution is 2.26. The summed E-state index contributed by atoms with van der Waals surface area (Å²) in [6, 6.07) is 9.88. The van der Waals surface area contributed by atoms with Crippen LogP contribution in [0.2, 0.25) is 0 Å². The van der Waals surface area contributed by atoms with Gasteiger partial charge in [-0.1, -0.05) is 24.3 Å². The molecule has 0 spiro atoms. The minimum absolute atomic E-state index is 0.00505. The Bertz CT molecular complexity index is 816. The maximum Gasteiger partial charge on any atom is 0.266 e. The van der Waals surface area contributed by atoms with E-state index in [9.17, 15) is 9.59 Å². The lowest BCUT2D eigenvalue weighted by atomic mass is 9.98. The number of benzene rings is 1. The SMILES string of the molecule is O=C(C1CCN(c2cn[nH]c(=O)c2)C1)N1CCc2ccccc2C1. The molecule has 2 aliphatic rings. The lowest BCUT2D eigenvalue weighted by Crippen LogP contribution is -2.40. The summed E-state index contributed by atoms with van der Waals surface area (Å²) in [6.07, 6.45) is 3.39. The van der Waals surface area contributed by atoms with Gasteiger partial charge in [0.1, 0.15) is 0 Å². The molecule has 0 aliphatic carbocycles. The first-order valence-electron chi connectivity index (χ1n) is 8.36. The normalized spacial score (nSPS) is 20.1. The van der Waals surface area contributed by atoms with Crippen LogP contribution in [0.4, 0.5) is 5.69 Å². The highest BCUT2D eigenvalue weighted by Gasteiger charge is 2.33. The zero-order valence-corrected chi connectivity index (χ0v) is 13.4. The van der Waals surface area contributed by atoms with Gasteiger partial charge in [-0.25, -0.2) is 5.10 Å². The second kappa shape index (κ2) is 6.11. The molecule has 6 nitrogen and oxygen atoms in total. The number of fused-ring (bicyclic) bond motifs is 1. The lowest BCUT2D eigenvalue weighted by molar-refractivity contribution is -0.135. The summed E-state index contributed by atoms with van der Waals surface area (Å²) in [5.41, 5.74) is 3.18. The van der Waals surface area contributed by atoms with Gasteiger partial charge in [0.05, 0.1) is 17.8 Å². The standard InChI is InChI=1S/C18H20N4O2/c23-17-9-16(10-19-20-17)21-7-6-15(12-21)18(24)22-8-5-13-3-1-2-4-14(13)11-22/h1-4,9-10,15H,5-8,11-12H2,(H,20,23). The van der Waals surface area contributed by atoms with E-state index in [0.717, 1.165) is 31.6 Å². The summed E-state index contributed by atoms with van der Waals surface area (Å²) >= 11 is 0. The molecule has 0 bridgehead atoms. The van der Waals surface area contributed by atoms with Crippen molar-refractivity contribution in [2.75, 3.05) is 24.5 Å². The molecule has 1 aromatic heterocycles. The zero-order valence-electron chi connectivity index (χ0n) is 13.4. The average molecular weight is 324 g/mol. The summed E-state index contributed by atoms with van der Waals surface area (Å²) in [4.78, 5) is 28.3. The van der Waals surface area contributed by atoms with Crippen molar-refractivity contribution in [2.24, 2.45) is 5.92 Å². The summed E-state index contributed by atoms with van der Waals surface area (Å²) in [6.45, 7) is 2.94. The number of aromatic amines is 1. The van der Waals surface area contributed by atoms with Crippen LogP contribution in [0.1, 0.15) is 17.5 Å². The van der Waals surface area contributed by atoms with Gasteiger partial charge in [-0.05, 0) is 24.0 Å². The number of amides is 1. The number of aromatic nitrogens is 2. The number of H-pyrrole nitrogens is 1. The molecule has 2 aromatic rings. The molecule has 0 saturated carbocycles. The maximum atomic E-state index is 12.9. The van der Waals surface area contributed by atoms with Crippen LogP contribution >= 0.6 is 0 Å². The third-order valence-electron chi connectivity index (χ3n) is 5.00. The van der Waals surface area contributed by atoms with Crippen molar-refractivity contribution in [3.63, 3.8) is 0 Å². The van der Waals surface area contributed by atoms with E-state index < -0.39 is 0 Å². The van der Waals surface area contributed by atoms with Crippen molar-refractivity contribution in [3.05, 3.63) is 58.0 Å². The predicted molar refractivity (Wildman–Crippen MR) is 90.7 cm³/mol. The lowest BCUT2D eigenvalue weighted by Gasteiger charge is -2.31. The Labute approximate surface area is 140 Å². The van der Waals surface area contributed by atoms with Crippen molar-refractivity contribution in [2.45, 2.75) is 19.4 Å². The van der Waals surface area contributed by atoms with Crippen molar-refractivity contribution in [1.82, 2.24) is 15.1 Å². The fourth-order valence-corrected chi connectivity index (χ4v) is 3.68. The molecular weight excluding hydrogens is 304 g/mol. The monoisotopic (exact) mass is 324 g/mol. The van der Waals surface area contributed by atoms with Crippen molar-refractivity contribution >= 4 is 11.6 Å². The largest absolute Gasteiger partial charge is 0.369 e. The summed E-state index contributed by atoms with van der Waals surface area (Å²) in [5, 5.41) is 6.22. The van der Waals surface area contributed by atoms with E-state index in [1.54, 1.807) is 6.20 Å². The predicted octanol–water partition coefficient (Wildman–Crippen LogP) is 1.18. The minimum atomic E-state index is -0.213. The molecule has 1 aromatic carbocycles. The molecular formula is C18H20N4O2. The minimum Gasteiger partial charge on any atom is -0.369 e. The number of carbonyl (C=O) groups is 1. The third kappa shape index (κ3) is 2.79. The van der Waals surface area contributed by atoms with Crippen LogP contribution in [0.15, 0.2) is 41.3 Å².